The molecule has 0 spiro atoms. The number of aliphatic imine (C=N–C) groups is 5. The fraction of sp³-hybridized carbons (Fsp3) is 0.372. The van der Waals surface area contributed by atoms with Gasteiger partial charge >= 0.3 is 0 Å². The number of carbonyl (C=O) groups is 5. The molecule has 0 saturated heterocycles. The van der Waals surface area contributed by atoms with Gasteiger partial charge < -0.3 is 0 Å². The van der Waals surface area contributed by atoms with Crippen LogP contribution in [0.4, 0.5) is 59.2 Å². The smallest absolute Gasteiger partial charge is 0.266 e. The van der Waals surface area contributed by atoms with Crippen molar-refractivity contribution in [2.45, 2.75) is 134 Å². The molecule has 10 N–H and O–H groups in total. The second-order valence-corrected chi connectivity index (χ2v) is 52.4. The highest BCUT2D eigenvalue weighted by Gasteiger charge is 2.26. The molecule has 147 heavy (non-hydrogen) atoms. The second-order valence-electron chi connectivity index (χ2n) is 31.4. The number of carbonyl (C=O) groups excluding carboxylic acids is 5. The van der Waals surface area contributed by atoms with Crippen LogP contribution >= 0.6 is 102 Å². The number of Topliss-reactive ketones (excluding diaryl/α,β-unsaturated/α-hetero) is 5. The Morgan fingerprint density at radius 1 is 0.354 bits per heavy atom. The molecule has 0 aliphatic heterocycles. The van der Waals surface area contributed by atoms with Gasteiger partial charge in [-0.3, -0.25) is 94.2 Å². The van der Waals surface area contributed by atoms with Crippen LogP contribution in [0.2, 0.25) is 5.02 Å². The Morgan fingerprint density at radius 2 is 0.599 bits per heavy atom. The highest BCUT2D eigenvalue weighted by Crippen LogP contribution is 2.34. The number of nitrogens with one attached hydrogen (secondary N) is 5. The molecule has 41 nitrogen and oxygen atoms in total. The first-order chi connectivity index (χ1) is 69.5. The maximum atomic E-state index is 13.4. The number of thioether (sulfide) groups is 5. The summed E-state index contributed by atoms with van der Waals surface area (Å²) in [4.78, 5) is 79.7. The number of ketones is 5. The Balaban J connectivity index is 0.000000281. The van der Waals surface area contributed by atoms with E-state index in [1.165, 1.54) is 77.8 Å². The Hall–Kier alpha value is -10.2. The number of amidine groups is 5. The zero-order chi connectivity index (χ0) is 109. The van der Waals surface area contributed by atoms with Gasteiger partial charge in [0.2, 0.25) is 0 Å². The number of hydrogen-bond acceptors (Lipinski definition) is 41. The van der Waals surface area contributed by atoms with Crippen LogP contribution in [0.1, 0.15) is 149 Å². The molecule has 0 aliphatic carbocycles. The van der Waals surface area contributed by atoms with Crippen molar-refractivity contribution in [3.8, 4) is 0 Å². The van der Waals surface area contributed by atoms with E-state index in [-0.39, 0.29) is 175 Å². The number of alkyl halides is 4. The van der Waals surface area contributed by atoms with E-state index in [1.807, 2.05) is 28.6 Å². The van der Waals surface area contributed by atoms with Gasteiger partial charge in [-0.15, -0.1) is 58.8 Å². The van der Waals surface area contributed by atoms with Crippen LogP contribution in [0.5, 0.6) is 0 Å². The van der Waals surface area contributed by atoms with Crippen LogP contribution in [0.15, 0.2) is 185 Å². The van der Waals surface area contributed by atoms with Gasteiger partial charge in [0.15, 0.2) is 82.8 Å². The summed E-state index contributed by atoms with van der Waals surface area (Å²) in [6.07, 6.45) is 6.42. The molecule has 0 saturated carbocycles. The van der Waals surface area contributed by atoms with Crippen molar-refractivity contribution in [1.29, 1.82) is 0 Å². The Labute approximate surface area is 883 Å². The van der Waals surface area contributed by atoms with E-state index in [1.54, 1.807) is 59.9 Å². The van der Waals surface area contributed by atoms with Gasteiger partial charge in [0.05, 0.1) is 49.8 Å². The molecule has 4 atom stereocenters. The fourth-order valence-electron chi connectivity index (χ4n) is 11.0. The summed E-state index contributed by atoms with van der Waals surface area (Å²) in [7, 11) is -11.8. The minimum Gasteiger partial charge on any atom is -0.300 e. The van der Waals surface area contributed by atoms with Crippen molar-refractivity contribution >= 4 is 260 Å². The molecule has 10 rings (SSSR count). The Morgan fingerprint density at radius 3 is 0.837 bits per heavy atom. The summed E-state index contributed by atoms with van der Waals surface area (Å²) < 4.78 is 185. The van der Waals surface area contributed by atoms with Gasteiger partial charge in [0.25, 0.3) is 12.9 Å². The van der Waals surface area contributed by atoms with Crippen molar-refractivity contribution < 1.29 is 129 Å². The molecule has 4 unspecified atom stereocenters. The van der Waals surface area contributed by atoms with Gasteiger partial charge in [0, 0.05) is 157 Å². The van der Waals surface area contributed by atoms with Crippen molar-refractivity contribution in [2.75, 3.05) is 88.8 Å². The van der Waals surface area contributed by atoms with E-state index in [9.17, 15) is 106 Å². The molecule has 0 amide bonds. The maximum absolute atomic E-state index is 13.4. The molecule has 10 aromatic rings. The zero-order valence-corrected chi connectivity index (χ0v) is 90.9. The fourth-order valence-corrected chi connectivity index (χ4v) is 19.4. The van der Waals surface area contributed by atoms with E-state index < -0.39 is 89.4 Å². The van der Waals surface area contributed by atoms with E-state index in [4.69, 9.17) is 25.5 Å². The first-order valence-electron chi connectivity index (χ1n) is 42.8. The molecule has 0 aliphatic rings. The highest BCUT2D eigenvalue weighted by molar-refractivity contribution is 9.10. The Bertz CT molecular complexity index is 6520. The monoisotopic (exact) mass is 2400 g/mol. The number of hydrogen-bond donors (Lipinski definition) is 10. The minimum atomic E-state index is -3.20. The lowest BCUT2D eigenvalue weighted by molar-refractivity contribution is -0.119. The van der Waals surface area contributed by atoms with Crippen molar-refractivity contribution in [1.82, 2.24) is 79.0 Å². The number of rotatable bonds is 52. The van der Waals surface area contributed by atoms with Crippen LogP contribution in [0, 0.1) is 17.5 Å². The van der Waals surface area contributed by atoms with E-state index >= 15 is 0 Å². The van der Waals surface area contributed by atoms with Gasteiger partial charge in [-0.2, -0.15) is 0 Å². The number of sulfone groups is 1. The van der Waals surface area contributed by atoms with E-state index in [2.05, 4.69) is 141 Å². The lowest BCUT2D eigenvalue weighted by Gasteiger charge is -2.06. The SMILES string of the molecule is C=S(C)(=O)CCC(=O)CCCSc1nonc1C(=Nc1ccc(F)c(Br)c1)NO.C=S(C)(=O)CCC(=O)CCCSc1nonc1C(=Nc1ccc(F)c(C(F)F)c1)NO.C=S(C)(=O)CCC(=O)CCCSc1nonc1C(=Nc1cccc(Br)c1)NO.C=S(C)(=O)CCC(=O)CCCSc1nonc1C(=Nc1cccc(Cl)c1)NO.CS(=O)(=O)CCC(=O)CCCSc1nonc1C(=Nc1ccc(F)c(C(F)F)c1)NO. The zero-order valence-electron chi connectivity index (χ0n) is 78.8. The lowest BCUT2D eigenvalue weighted by Crippen LogP contribution is -2.21. The average Bonchev–Trinajstić information content (AvgIpc) is 1.85. The highest BCUT2D eigenvalue weighted by atomic mass is 79.9. The number of halogens is 10. The molecular weight excluding hydrogens is 2300 g/mol. The van der Waals surface area contributed by atoms with Crippen LogP contribution in [0.25, 0.3) is 0 Å². The second kappa shape index (κ2) is 63.7. The van der Waals surface area contributed by atoms with E-state index in [0.717, 1.165) is 58.9 Å². The summed E-state index contributed by atoms with van der Waals surface area (Å²) in [5.41, 5.74) is 9.99. The molecule has 5 aromatic carbocycles. The Kier molecular flexibility index (Phi) is 54.4. The summed E-state index contributed by atoms with van der Waals surface area (Å²) in [5, 5.41) is 86.7. The van der Waals surface area contributed by atoms with Crippen LogP contribution in [0.3, 0.4) is 0 Å². The molecule has 5 heterocycles. The average molecular weight is 2400 g/mol. The predicted octanol–water partition coefficient (Wildman–Crippen LogP) is 15.7. The summed E-state index contributed by atoms with van der Waals surface area (Å²) >= 11 is 18.7. The summed E-state index contributed by atoms with van der Waals surface area (Å²) in [5.74, 6) is 14.7. The van der Waals surface area contributed by atoms with Crippen LogP contribution < -0.4 is 27.4 Å². The van der Waals surface area contributed by atoms with Gasteiger partial charge in [0.1, 0.15) is 56.2 Å². The van der Waals surface area contributed by atoms with Crippen molar-refractivity contribution in [2.24, 2.45) is 25.0 Å². The van der Waals surface area contributed by atoms with E-state index in [0.29, 0.717) is 129 Å². The van der Waals surface area contributed by atoms with Crippen molar-refractivity contribution in [3.05, 3.63) is 174 Å². The van der Waals surface area contributed by atoms with Gasteiger partial charge in [-0.25, -0.2) is 87.3 Å². The van der Waals surface area contributed by atoms with Crippen LogP contribution in [-0.2, 0) is 71.9 Å². The summed E-state index contributed by atoms with van der Waals surface area (Å²) in [6.45, 7) is 0. The third-order valence-electron chi connectivity index (χ3n) is 18.3. The first kappa shape index (κ1) is 126. The third kappa shape index (κ3) is 49.4. The molecule has 0 bridgehead atoms. The summed E-state index contributed by atoms with van der Waals surface area (Å²) in [6, 6.07) is 23.8. The van der Waals surface area contributed by atoms with Gasteiger partial charge in [-0.05, 0) is 252 Å². The van der Waals surface area contributed by atoms with Crippen LogP contribution in [-0.4, -0.2) is 273 Å². The molecule has 0 fully saturated rings. The molecular formula is C86H102Br2ClF7N20O21S10. The normalized spacial score (nSPS) is 13.6. The number of nitrogens with zero attached hydrogens (tertiary/aromatic N) is 15. The maximum Gasteiger partial charge on any atom is 0.266 e. The first-order valence-corrected chi connectivity index (χ1v) is 60.9. The number of benzene rings is 5. The lowest BCUT2D eigenvalue weighted by atomic mass is 10.2. The third-order valence-corrected chi connectivity index (χ3v) is 30.0. The molecule has 802 valence electrons. The minimum absolute atomic E-state index is 0.0150. The number of hydroxylamine groups is 5. The number of aromatic nitrogens is 10. The standard InChI is InChI=1S/C18H21F3N4O4S2.C17H20BrFN4O4S2.C17H21BrN4O4S2.C17H21ClN4O4S2.C17H19F3N4O5S2/c1-31(2,28)9-7-12(26)4-3-8-30-18-15(24-29-25-18)17(23-27)22-11-5-6-14(19)13(10-11)16(20)21;1-29(2,26)9-7-12(24)4-3-8-28-17-15(22-27-23-17)16(21-25)20-11-5-6-14(19)13(18)10-11;2*1-28(2,25)10-8-14(23)7-4-9-27-17-15(21-26-22-17)16(20-24)19-13-6-3-5-12(18)11-13;1-31(27,28)8-6-11(25)3-2-7-30-17-14(23-29-24-17)16(22-26)21-10-4-5-13(18)12(9-10)15(19)20/h5-6,10,16,27H,1,3-4,7-9H2,2H3,(H,22,23);5-6,10,25H,1,3-4,7-9H2,2H3,(H,20,21);2*3,5-6,11,24H,1,4,7-10H2,2H3,(H,19,20);4-5,9,15,26H,2-3,6-8H2,1H3,(H,21,22). The largest absolute Gasteiger partial charge is 0.300 e. The predicted molar refractivity (Wildman–Crippen MR) is 561 cm³/mol. The topological polar surface area (TPSA) is 605 Å². The molecule has 5 aromatic heterocycles. The van der Waals surface area contributed by atoms with Gasteiger partial charge in [-0.1, -0.05) is 39.7 Å². The molecule has 0 radical (unpaired) electrons. The molecule has 61 heteroatoms. The van der Waals surface area contributed by atoms with Crippen molar-refractivity contribution in [3.63, 3.8) is 0 Å². The quantitative estimate of drug-likeness (QED) is 0.00322.